The van der Waals surface area contributed by atoms with Crippen LogP contribution in [0, 0.1) is 5.41 Å². The Morgan fingerprint density at radius 1 is 1.28 bits per heavy atom. The molecule has 1 aromatic rings. The summed E-state index contributed by atoms with van der Waals surface area (Å²) in [5.41, 5.74) is 0.394. The van der Waals surface area contributed by atoms with Gasteiger partial charge >= 0.3 is 0 Å². The fourth-order valence-electron chi connectivity index (χ4n) is 3.92. The number of rotatable bonds is 6. The van der Waals surface area contributed by atoms with E-state index in [9.17, 15) is 9.59 Å². The Labute approximate surface area is 150 Å². The summed E-state index contributed by atoms with van der Waals surface area (Å²) in [6.07, 6.45) is 10.0. The van der Waals surface area contributed by atoms with Crippen LogP contribution in [-0.4, -0.2) is 52.8 Å². The molecule has 1 aromatic heterocycles. The number of carbonyl (C=O) groups is 2. The molecule has 1 atom stereocenters. The van der Waals surface area contributed by atoms with Gasteiger partial charge in [0.15, 0.2) is 0 Å². The molecule has 0 aromatic carbocycles. The van der Waals surface area contributed by atoms with Crippen LogP contribution in [0.4, 0.5) is 0 Å². The molecule has 1 aliphatic heterocycles. The molecule has 0 bridgehead atoms. The molecular weight excluding hydrogens is 314 g/mol. The highest BCUT2D eigenvalue weighted by molar-refractivity contribution is 6.07. The van der Waals surface area contributed by atoms with E-state index in [0.717, 1.165) is 37.8 Å². The molecule has 1 aliphatic carbocycles. The number of pyridine rings is 1. The fraction of sp³-hybridized carbons (Fsp3) is 0.650. The monoisotopic (exact) mass is 343 g/mol. The summed E-state index contributed by atoms with van der Waals surface area (Å²) in [5, 5.41) is 0. The van der Waals surface area contributed by atoms with Gasteiger partial charge in [0, 0.05) is 38.6 Å². The molecular formula is C20H29N3O2. The summed E-state index contributed by atoms with van der Waals surface area (Å²) in [5.74, 6) is 0.0896. The number of hydrogen-bond donors (Lipinski definition) is 0. The van der Waals surface area contributed by atoms with Gasteiger partial charge in [0.05, 0.1) is 0 Å². The smallest absolute Gasteiger partial charge is 0.238 e. The molecule has 0 radical (unpaired) electrons. The van der Waals surface area contributed by atoms with Crippen LogP contribution in [0.1, 0.15) is 51.0 Å². The number of piperidine rings is 1. The first-order valence-electron chi connectivity index (χ1n) is 9.54. The first kappa shape index (κ1) is 17.9. The van der Waals surface area contributed by atoms with Crippen molar-refractivity contribution in [3.05, 3.63) is 30.1 Å². The van der Waals surface area contributed by atoms with E-state index >= 15 is 0 Å². The van der Waals surface area contributed by atoms with Gasteiger partial charge in [-0.15, -0.1) is 0 Å². The zero-order chi connectivity index (χ0) is 17.9. The lowest BCUT2D eigenvalue weighted by Gasteiger charge is -2.38. The first-order chi connectivity index (χ1) is 12.1. The van der Waals surface area contributed by atoms with E-state index in [1.54, 1.807) is 17.3 Å². The zero-order valence-corrected chi connectivity index (χ0v) is 15.4. The van der Waals surface area contributed by atoms with Crippen LogP contribution < -0.4 is 0 Å². The van der Waals surface area contributed by atoms with Crippen molar-refractivity contribution in [2.45, 2.75) is 57.9 Å². The molecule has 1 saturated carbocycles. The second-order valence-corrected chi connectivity index (χ2v) is 7.47. The summed E-state index contributed by atoms with van der Waals surface area (Å²) in [6.45, 7) is 3.58. The number of aromatic nitrogens is 1. The zero-order valence-electron chi connectivity index (χ0n) is 15.4. The minimum absolute atomic E-state index is 0.00647. The van der Waals surface area contributed by atoms with Crippen molar-refractivity contribution in [3.63, 3.8) is 0 Å². The maximum absolute atomic E-state index is 13.1. The van der Waals surface area contributed by atoms with Crippen LogP contribution in [-0.2, 0) is 16.0 Å². The van der Waals surface area contributed by atoms with E-state index in [-0.39, 0.29) is 11.8 Å². The summed E-state index contributed by atoms with van der Waals surface area (Å²) in [4.78, 5) is 33.9. The van der Waals surface area contributed by atoms with Gasteiger partial charge in [-0.2, -0.15) is 0 Å². The molecule has 1 saturated heterocycles. The van der Waals surface area contributed by atoms with Gasteiger partial charge in [-0.3, -0.25) is 14.6 Å². The lowest BCUT2D eigenvalue weighted by atomic mass is 9.95. The third kappa shape index (κ3) is 3.70. The number of hydrogen-bond acceptors (Lipinski definition) is 3. The van der Waals surface area contributed by atoms with Crippen molar-refractivity contribution >= 4 is 11.8 Å². The molecule has 2 fully saturated rings. The SMILES string of the molecule is CCC1CCCCN1C(=O)C1(C(=O)N(C)CCc2ccncc2)CC1. The molecule has 2 heterocycles. The maximum atomic E-state index is 13.1. The molecule has 2 aliphatic rings. The molecule has 2 amide bonds. The Balaban J connectivity index is 1.63. The number of likely N-dealkylation sites (N-methyl/N-ethyl adjacent to an activating group) is 1. The van der Waals surface area contributed by atoms with Crippen LogP contribution in [0.2, 0.25) is 0 Å². The van der Waals surface area contributed by atoms with Crippen molar-refractivity contribution in [2.24, 2.45) is 5.41 Å². The molecule has 3 rings (SSSR count). The Morgan fingerprint density at radius 3 is 2.64 bits per heavy atom. The first-order valence-corrected chi connectivity index (χ1v) is 9.54. The third-order valence-electron chi connectivity index (χ3n) is 5.76. The van der Waals surface area contributed by atoms with Gasteiger partial charge in [0.25, 0.3) is 0 Å². The second kappa shape index (κ2) is 7.54. The lowest BCUT2D eigenvalue weighted by Crippen LogP contribution is -2.51. The lowest BCUT2D eigenvalue weighted by molar-refractivity contribution is -0.151. The minimum atomic E-state index is -0.766. The van der Waals surface area contributed by atoms with Gasteiger partial charge < -0.3 is 9.80 Å². The highest BCUT2D eigenvalue weighted by atomic mass is 16.2. The Kier molecular flexibility index (Phi) is 5.40. The number of nitrogens with zero attached hydrogens (tertiary/aromatic N) is 3. The molecule has 5 heteroatoms. The van der Waals surface area contributed by atoms with E-state index in [4.69, 9.17) is 0 Å². The van der Waals surface area contributed by atoms with E-state index in [1.807, 2.05) is 24.1 Å². The normalized spacial score (nSPS) is 21.7. The van der Waals surface area contributed by atoms with Gasteiger partial charge in [0.2, 0.25) is 11.8 Å². The van der Waals surface area contributed by atoms with Gasteiger partial charge in [0.1, 0.15) is 5.41 Å². The topological polar surface area (TPSA) is 53.5 Å². The molecule has 0 spiro atoms. The maximum Gasteiger partial charge on any atom is 0.238 e. The third-order valence-corrected chi connectivity index (χ3v) is 5.76. The quantitative estimate of drug-likeness (QED) is 0.746. The molecule has 0 N–H and O–H groups in total. The van der Waals surface area contributed by atoms with E-state index < -0.39 is 5.41 Å². The average Bonchev–Trinajstić information content (AvgIpc) is 3.47. The highest BCUT2D eigenvalue weighted by Crippen LogP contribution is 2.49. The van der Waals surface area contributed by atoms with E-state index in [2.05, 4.69) is 11.9 Å². The predicted octanol–water partition coefficient (Wildman–Crippen LogP) is 2.65. The van der Waals surface area contributed by atoms with Crippen molar-refractivity contribution in [1.82, 2.24) is 14.8 Å². The van der Waals surface area contributed by atoms with Crippen LogP contribution in [0.3, 0.4) is 0 Å². The average molecular weight is 343 g/mol. The summed E-state index contributed by atoms with van der Waals surface area (Å²) >= 11 is 0. The number of carbonyl (C=O) groups excluding carboxylic acids is 2. The van der Waals surface area contributed by atoms with Crippen LogP contribution in [0.5, 0.6) is 0 Å². The minimum Gasteiger partial charge on any atom is -0.344 e. The second-order valence-electron chi connectivity index (χ2n) is 7.47. The molecule has 25 heavy (non-hydrogen) atoms. The van der Waals surface area contributed by atoms with Crippen molar-refractivity contribution in [3.8, 4) is 0 Å². The number of amides is 2. The summed E-state index contributed by atoms with van der Waals surface area (Å²) in [6, 6.07) is 4.25. The van der Waals surface area contributed by atoms with Gasteiger partial charge in [-0.1, -0.05) is 6.92 Å². The van der Waals surface area contributed by atoms with Crippen LogP contribution in [0.15, 0.2) is 24.5 Å². The molecule has 1 unspecified atom stereocenters. The predicted molar refractivity (Wildman–Crippen MR) is 96.9 cm³/mol. The molecule has 136 valence electrons. The van der Waals surface area contributed by atoms with Crippen molar-refractivity contribution in [2.75, 3.05) is 20.1 Å². The Morgan fingerprint density at radius 2 is 2.00 bits per heavy atom. The summed E-state index contributed by atoms with van der Waals surface area (Å²) < 4.78 is 0. The van der Waals surface area contributed by atoms with E-state index in [1.165, 1.54) is 6.42 Å². The van der Waals surface area contributed by atoms with Crippen molar-refractivity contribution < 1.29 is 9.59 Å². The fourth-order valence-corrected chi connectivity index (χ4v) is 3.92. The van der Waals surface area contributed by atoms with Crippen LogP contribution >= 0.6 is 0 Å². The largest absolute Gasteiger partial charge is 0.344 e. The van der Waals surface area contributed by atoms with Crippen molar-refractivity contribution in [1.29, 1.82) is 0 Å². The highest BCUT2D eigenvalue weighted by Gasteiger charge is 2.59. The van der Waals surface area contributed by atoms with Gasteiger partial charge in [-0.25, -0.2) is 0 Å². The standard InChI is InChI=1S/C20H29N3O2/c1-3-17-6-4-5-14-23(17)19(25)20(10-11-20)18(24)22(2)15-9-16-7-12-21-13-8-16/h7-8,12-13,17H,3-6,9-11,14-15H2,1-2H3. The Bertz CT molecular complexity index is 613. The summed E-state index contributed by atoms with van der Waals surface area (Å²) in [7, 11) is 1.82. The van der Waals surface area contributed by atoms with Crippen LogP contribution in [0.25, 0.3) is 0 Å². The Hall–Kier alpha value is -1.91. The van der Waals surface area contributed by atoms with E-state index in [0.29, 0.717) is 25.4 Å². The number of likely N-dealkylation sites (tertiary alicyclic amines) is 1. The molecule has 5 nitrogen and oxygen atoms in total. The van der Waals surface area contributed by atoms with Gasteiger partial charge in [-0.05, 0) is 62.6 Å².